The first-order valence-corrected chi connectivity index (χ1v) is 7.32. The molecule has 5 heteroatoms. The molecule has 0 spiro atoms. The van der Waals surface area contributed by atoms with Gasteiger partial charge in [0.15, 0.2) is 0 Å². The Morgan fingerprint density at radius 1 is 1.45 bits per heavy atom. The average Bonchev–Trinajstić information content (AvgIpc) is 2.70. The van der Waals surface area contributed by atoms with Gasteiger partial charge in [-0.25, -0.2) is 0 Å². The van der Waals surface area contributed by atoms with E-state index in [-0.39, 0.29) is 6.04 Å². The Hall–Kier alpha value is -1.39. The SMILES string of the molecule is CCCNC(Cc1c(C)nn(C)c1Cl)c1cccnc1. The van der Waals surface area contributed by atoms with Crippen molar-refractivity contribution in [2.24, 2.45) is 7.05 Å². The van der Waals surface area contributed by atoms with Crippen LogP contribution in [0.5, 0.6) is 0 Å². The summed E-state index contributed by atoms with van der Waals surface area (Å²) >= 11 is 6.34. The molecule has 20 heavy (non-hydrogen) atoms. The normalized spacial score (nSPS) is 12.6. The first-order chi connectivity index (χ1) is 9.63. The average molecular weight is 293 g/mol. The summed E-state index contributed by atoms with van der Waals surface area (Å²) in [7, 11) is 1.87. The van der Waals surface area contributed by atoms with E-state index in [1.807, 2.05) is 26.2 Å². The predicted octanol–water partition coefficient (Wildman–Crippen LogP) is 3.06. The predicted molar refractivity (Wildman–Crippen MR) is 81.9 cm³/mol. The van der Waals surface area contributed by atoms with Crippen molar-refractivity contribution in [2.75, 3.05) is 6.54 Å². The minimum absolute atomic E-state index is 0.212. The summed E-state index contributed by atoms with van der Waals surface area (Å²) in [5, 5.41) is 8.66. The molecule has 4 nitrogen and oxygen atoms in total. The van der Waals surface area contributed by atoms with Crippen molar-refractivity contribution in [2.45, 2.75) is 32.7 Å². The summed E-state index contributed by atoms with van der Waals surface area (Å²) in [5.41, 5.74) is 3.27. The van der Waals surface area contributed by atoms with Crippen molar-refractivity contribution in [3.63, 3.8) is 0 Å². The van der Waals surface area contributed by atoms with Crippen molar-refractivity contribution in [1.82, 2.24) is 20.1 Å². The number of halogens is 1. The Labute approximate surface area is 125 Å². The molecular weight excluding hydrogens is 272 g/mol. The molecule has 0 saturated carbocycles. The number of pyridine rings is 1. The Balaban J connectivity index is 2.24. The molecule has 0 bridgehead atoms. The lowest BCUT2D eigenvalue weighted by molar-refractivity contribution is 0.527. The van der Waals surface area contributed by atoms with Gasteiger partial charge < -0.3 is 5.32 Å². The molecule has 0 saturated heterocycles. The molecule has 2 aromatic rings. The quantitative estimate of drug-likeness (QED) is 0.890. The van der Waals surface area contributed by atoms with Gasteiger partial charge in [0.05, 0.1) is 5.69 Å². The Morgan fingerprint density at radius 2 is 2.25 bits per heavy atom. The number of hydrogen-bond donors (Lipinski definition) is 1. The van der Waals surface area contributed by atoms with Crippen LogP contribution in [0.15, 0.2) is 24.5 Å². The molecule has 1 atom stereocenters. The summed E-state index contributed by atoms with van der Waals surface area (Å²) in [6.07, 6.45) is 5.62. The highest BCUT2D eigenvalue weighted by Gasteiger charge is 2.18. The van der Waals surface area contributed by atoms with Crippen molar-refractivity contribution in [3.8, 4) is 0 Å². The van der Waals surface area contributed by atoms with Crippen molar-refractivity contribution >= 4 is 11.6 Å². The largest absolute Gasteiger partial charge is 0.310 e. The molecule has 2 rings (SSSR count). The minimum atomic E-state index is 0.212. The zero-order chi connectivity index (χ0) is 14.5. The van der Waals surface area contributed by atoms with Gasteiger partial charge in [-0.15, -0.1) is 0 Å². The monoisotopic (exact) mass is 292 g/mol. The summed E-state index contributed by atoms with van der Waals surface area (Å²) < 4.78 is 1.73. The first-order valence-electron chi connectivity index (χ1n) is 6.94. The van der Waals surface area contributed by atoms with Gasteiger partial charge in [0.25, 0.3) is 0 Å². The highest BCUT2D eigenvalue weighted by Crippen LogP contribution is 2.25. The van der Waals surface area contributed by atoms with Crippen LogP contribution in [-0.2, 0) is 13.5 Å². The maximum Gasteiger partial charge on any atom is 0.130 e. The van der Waals surface area contributed by atoms with E-state index in [2.05, 4.69) is 28.4 Å². The van der Waals surface area contributed by atoms with E-state index in [0.29, 0.717) is 0 Å². The van der Waals surface area contributed by atoms with Crippen LogP contribution in [0.3, 0.4) is 0 Å². The Morgan fingerprint density at radius 3 is 2.80 bits per heavy atom. The van der Waals surface area contributed by atoms with Gasteiger partial charge >= 0.3 is 0 Å². The third kappa shape index (κ3) is 3.38. The van der Waals surface area contributed by atoms with E-state index in [4.69, 9.17) is 11.6 Å². The third-order valence-corrected chi connectivity index (χ3v) is 3.88. The molecule has 0 aliphatic heterocycles. The fraction of sp³-hybridized carbons (Fsp3) is 0.467. The van der Waals surface area contributed by atoms with Crippen LogP contribution in [0, 0.1) is 6.92 Å². The molecule has 0 fully saturated rings. The first kappa shape index (κ1) is 15.0. The van der Waals surface area contributed by atoms with Crippen LogP contribution in [0.2, 0.25) is 5.15 Å². The molecule has 0 amide bonds. The van der Waals surface area contributed by atoms with Gasteiger partial charge in [0.2, 0.25) is 0 Å². The molecule has 2 heterocycles. The van der Waals surface area contributed by atoms with Crippen LogP contribution in [0.1, 0.15) is 36.2 Å². The van der Waals surface area contributed by atoms with Crippen LogP contribution < -0.4 is 5.32 Å². The highest BCUT2D eigenvalue weighted by atomic mass is 35.5. The molecule has 1 N–H and O–H groups in total. The van der Waals surface area contributed by atoms with E-state index in [1.165, 1.54) is 5.56 Å². The fourth-order valence-electron chi connectivity index (χ4n) is 2.32. The number of nitrogens with one attached hydrogen (secondary N) is 1. The number of aryl methyl sites for hydroxylation is 2. The zero-order valence-electron chi connectivity index (χ0n) is 12.2. The second-order valence-electron chi connectivity index (χ2n) is 4.98. The van der Waals surface area contributed by atoms with Gasteiger partial charge in [-0.05, 0) is 37.9 Å². The maximum atomic E-state index is 6.34. The fourth-order valence-corrected chi connectivity index (χ4v) is 2.57. The van der Waals surface area contributed by atoms with E-state index < -0.39 is 0 Å². The third-order valence-electron chi connectivity index (χ3n) is 3.41. The number of aromatic nitrogens is 3. The lowest BCUT2D eigenvalue weighted by Crippen LogP contribution is -2.24. The lowest BCUT2D eigenvalue weighted by atomic mass is 10.0. The van der Waals surface area contributed by atoms with Gasteiger partial charge in [-0.1, -0.05) is 24.6 Å². The number of rotatable bonds is 6. The van der Waals surface area contributed by atoms with Crippen LogP contribution in [0.4, 0.5) is 0 Å². The zero-order valence-corrected chi connectivity index (χ0v) is 13.0. The van der Waals surface area contributed by atoms with Crippen LogP contribution in [-0.4, -0.2) is 21.3 Å². The van der Waals surface area contributed by atoms with E-state index >= 15 is 0 Å². The smallest absolute Gasteiger partial charge is 0.130 e. The van der Waals surface area contributed by atoms with Gasteiger partial charge in [-0.2, -0.15) is 5.10 Å². The van der Waals surface area contributed by atoms with Crippen molar-refractivity contribution in [3.05, 3.63) is 46.5 Å². The highest BCUT2D eigenvalue weighted by molar-refractivity contribution is 6.30. The lowest BCUT2D eigenvalue weighted by Gasteiger charge is -2.18. The van der Waals surface area contributed by atoms with E-state index in [9.17, 15) is 0 Å². The van der Waals surface area contributed by atoms with Crippen molar-refractivity contribution in [1.29, 1.82) is 0 Å². The Bertz CT molecular complexity index is 551. The van der Waals surface area contributed by atoms with Crippen LogP contribution >= 0.6 is 11.6 Å². The molecular formula is C15H21ClN4. The standard InChI is InChI=1S/C15H21ClN4/c1-4-7-18-14(12-6-5-8-17-10-12)9-13-11(2)19-20(3)15(13)16/h5-6,8,10,14,18H,4,7,9H2,1-3H3. The summed E-state index contributed by atoms with van der Waals surface area (Å²) in [6, 6.07) is 4.28. The molecule has 2 aromatic heterocycles. The molecule has 0 radical (unpaired) electrons. The van der Waals surface area contributed by atoms with Gasteiger partial charge in [0, 0.05) is 31.0 Å². The van der Waals surface area contributed by atoms with Gasteiger partial charge in [-0.3, -0.25) is 9.67 Å². The molecule has 0 aromatic carbocycles. The van der Waals surface area contributed by atoms with E-state index in [0.717, 1.165) is 35.8 Å². The van der Waals surface area contributed by atoms with E-state index in [1.54, 1.807) is 10.9 Å². The second-order valence-corrected chi connectivity index (χ2v) is 5.33. The topological polar surface area (TPSA) is 42.7 Å². The maximum absolute atomic E-state index is 6.34. The molecule has 0 aliphatic rings. The molecule has 1 unspecified atom stereocenters. The van der Waals surface area contributed by atoms with Gasteiger partial charge in [0.1, 0.15) is 5.15 Å². The minimum Gasteiger partial charge on any atom is -0.310 e. The summed E-state index contributed by atoms with van der Waals surface area (Å²) in [4.78, 5) is 4.21. The summed E-state index contributed by atoms with van der Waals surface area (Å²) in [6.45, 7) is 5.13. The van der Waals surface area contributed by atoms with Crippen molar-refractivity contribution < 1.29 is 0 Å². The number of hydrogen-bond acceptors (Lipinski definition) is 3. The summed E-state index contributed by atoms with van der Waals surface area (Å²) in [5.74, 6) is 0. The van der Waals surface area contributed by atoms with Crippen LogP contribution in [0.25, 0.3) is 0 Å². The molecule has 108 valence electrons. The Kier molecular flexibility index (Phi) is 5.15. The second kappa shape index (κ2) is 6.86. The molecule has 0 aliphatic carbocycles. The number of nitrogens with zero attached hydrogens (tertiary/aromatic N) is 3.